The molecule has 0 aliphatic heterocycles. The highest BCUT2D eigenvalue weighted by Crippen LogP contribution is 2.34. The Bertz CT molecular complexity index is 1420. The van der Waals surface area contributed by atoms with Gasteiger partial charge in [-0.2, -0.15) is 0 Å². The molecule has 4 aromatic rings. The second-order valence-electron chi connectivity index (χ2n) is 8.02. The second-order valence-corrected chi connectivity index (χ2v) is 10.6. The van der Waals surface area contributed by atoms with Gasteiger partial charge in [0.05, 0.1) is 16.0 Å². The van der Waals surface area contributed by atoms with Gasteiger partial charge in [0.25, 0.3) is 10.0 Å². The van der Waals surface area contributed by atoms with E-state index in [2.05, 4.69) is 21.6 Å². The number of hydrogen-bond donors (Lipinski definition) is 1. The van der Waals surface area contributed by atoms with Crippen molar-refractivity contribution in [3.8, 4) is 11.5 Å². The van der Waals surface area contributed by atoms with Crippen LogP contribution in [0.3, 0.4) is 0 Å². The van der Waals surface area contributed by atoms with Crippen molar-refractivity contribution in [2.45, 2.75) is 38.4 Å². The van der Waals surface area contributed by atoms with Crippen LogP contribution in [0.5, 0.6) is 11.5 Å². The number of thiophene rings is 1. The standard InChI is InChI=1S/C26H26FN3O3S2/c1-2-3-5-10-25(30-35(31,32)18-19-8-6-4-7-9-19)29-20-11-12-23(21(27)17-20)33-24-13-15-28-22-14-16-34-26(22)24/h4,6-9,11-17H,2-3,5,10,18H2,1H3,(H,29,30). The maximum atomic E-state index is 14.9. The summed E-state index contributed by atoms with van der Waals surface area (Å²) in [6.45, 7) is 2.07. The van der Waals surface area contributed by atoms with Crippen molar-refractivity contribution in [1.29, 1.82) is 0 Å². The Morgan fingerprint density at radius 3 is 2.69 bits per heavy atom. The number of halogens is 1. The second kappa shape index (κ2) is 11.4. The SMILES string of the molecule is CCCCC/C(=N\S(=O)(=O)Cc1ccccc1)Nc1ccc(Oc2ccnc3ccsc23)c(F)c1. The molecule has 2 aromatic carbocycles. The molecule has 0 saturated heterocycles. The zero-order valence-corrected chi connectivity index (χ0v) is 20.9. The first-order chi connectivity index (χ1) is 16.9. The van der Waals surface area contributed by atoms with Gasteiger partial charge in [-0.05, 0) is 35.6 Å². The van der Waals surface area contributed by atoms with Crippen LogP contribution in [-0.2, 0) is 15.8 Å². The summed E-state index contributed by atoms with van der Waals surface area (Å²) < 4.78 is 51.0. The summed E-state index contributed by atoms with van der Waals surface area (Å²) in [6, 6.07) is 16.9. The first kappa shape index (κ1) is 24.8. The minimum absolute atomic E-state index is 0.0672. The number of benzene rings is 2. The van der Waals surface area contributed by atoms with Crippen LogP contribution in [0.4, 0.5) is 10.1 Å². The van der Waals surface area contributed by atoms with Crippen LogP contribution in [0.25, 0.3) is 10.2 Å². The van der Waals surface area contributed by atoms with Crippen molar-refractivity contribution in [2.24, 2.45) is 4.40 Å². The molecule has 35 heavy (non-hydrogen) atoms. The van der Waals surface area contributed by atoms with Crippen LogP contribution < -0.4 is 10.1 Å². The zero-order chi connectivity index (χ0) is 24.7. The maximum Gasteiger partial charge on any atom is 0.258 e. The lowest BCUT2D eigenvalue weighted by atomic mass is 10.2. The Hall–Kier alpha value is -3.30. The van der Waals surface area contributed by atoms with E-state index in [0.717, 1.165) is 29.5 Å². The van der Waals surface area contributed by atoms with Crippen LogP contribution >= 0.6 is 11.3 Å². The van der Waals surface area contributed by atoms with Gasteiger partial charge in [0, 0.05) is 30.4 Å². The summed E-state index contributed by atoms with van der Waals surface area (Å²) in [5, 5.41) is 4.91. The smallest absolute Gasteiger partial charge is 0.258 e. The lowest BCUT2D eigenvalue weighted by Gasteiger charge is -2.12. The average Bonchev–Trinajstić information content (AvgIpc) is 3.31. The van der Waals surface area contributed by atoms with Gasteiger partial charge in [-0.25, -0.2) is 12.8 Å². The number of anilines is 1. The molecule has 0 fully saturated rings. The summed E-state index contributed by atoms with van der Waals surface area (Å²) in [5.41, 5.74) is 1.85. The molecule has 9 heteroatoms. The first-order valence-electron chi connectivity index (χ1n) is 11.4. The molecule has 182 valence electrons. The fourth-order valence-electron chi connectivity index (χ4n) is 3.53. The number of hydrogen-bond acceptors (Lipinski definition) is 5. The molecule has 0 amide bonds. The third kappa shape index (κ3) is 6.86. The lowest BCUT2D eigenvalue weighted by Crippen LogP contribution is -2.16. The third-order valence-electron chi connectivity index (χ3n) is 5.21. The van der Waals surface area contributed by atoms with E-state index in [1.165, 1.54) is 23.5 Å². The molecule has 1 N–H and O–H groups in total. The minimum atomic E-state index is -3.76. The summed E-state index contributed by atoms with van der Waals surface area (Å²) >= 11 is 1.47. The number of fused-ring (bicyclic) bond motifs is 1. The molecule has 2 aromatic heterocycles. The maximum absolute atomic E-state index is 14.9. The van der Waals surface area contributed by atoms with E-state index >= 15 is 0 Å². The highest BCUT2D eigenvalue weighted by atomic mass is 32.2. The molecule has 0 aliphatic rings. The van der Waals surface area contributed by atoms with Crippen molar-refractivity contribution in [1.82, 2.24) is 4.98 Å². The molecular weight excluding hydrogens is 485 g/mol. The Morgan fingerprint density at radius 2 is 1.91 bits per heavy atom. The highest BCUT2D eigenvalue weighted by Gasteiger charge is 2.14. The Balaban J connectivity index is 1.53. The molecule has 0 unspecified atom stereocenters. The van der Waals surface area contributed by atoms with Gasteiger partial charge in [-0.1, -0.05) is 50.1 Å². The molecule has 0 radical (unpaired) electrons. The molecular formula is C26H26FN3O3S2. The Kier molecular flexibility index (Phi) is 8.09. The van der Waals surface area contributed by atoms with E-state index in [1.807, 2.05) is 17.5 Å². The number of aromatic nitrogens is 1. The van der Waals surface area contributed by atoms with Gasteiger partial charge >= 0.3 is 0 Å². The molecule has 0 atom stereocenters. The lowest BCUT2D eigenvalue weighted by molar-refractivity contribution is 0.447. The molecule has 2 heterocycles. The van der Waals surface area contributed by atoms with Crippen LogP contribution in [-0.4, -0.2) is 19.2 Å². The van der Waals surface area contributed by atoms with Crippen molar-refractivity contribution in [2.75, 3.05) is 5.32 Å². The zero-order valence-electron chi connectivity index (χ0n) is 19.3. The number of unbranched alkanes of at least 4 members (excludes halogenated alkanes) is 2. The van der Waals surface area contributed by atoms with Crippen LogP contribution in [0, 0.1) is 5.82 Å². The quantitative estimate of drug-likeness (QED) is 0.139. The van der Waals surface area contributed by atoms with Crippen molar-refractivity contribution in [3.05, 3.63) is 83.6 Å². The predicted molar refractivity (Wildman–Crippen MR) is 140 cm³/mol. The van der Waals surface area contributed by atoms with Crippen molar-refractivity contribution in [3.63, 3.8) is 0 Å². The van der Waals surface area contributed by atoms with E-state index in [0.29, 0.717) is 23.4 Å². The number of ether oxygens (including phenoxy) is 1. The van der Waals surface area contributed by atoms with E-state index < -0.39 is 15.8 Å². The first-order valence-corrected chi connectivity index (χ1v) is 13.8. The highest BCUT2D eigenvalue weighted by molar-refractivity contribution is 7.89. The van der Waals surface area contributed by atoms with Crippen molar-refractivity contribution < 1.29 is 17.5 Å². The summed E-state index contributed by atoms with van der Waals surface area (Å²) in [4.78, 5) is 4.26. The fourth-order valence-corrected chi connectivity index (χ4v) is 5.49. The third-order valence-corrected chi connectivity index (χ3v) is 7.32. The topological polar surface area (TPSA) is 80.7 Å². The van der Waals surface area contributed by atoms with Gasteiger partial charge in [0.1, 0.15) is 11.6 Å². The number of pyridine rings is 1. The number of nitrogens with one attached hydrogen (secondary N) is 1. The summed E-state index contributed by atoms with van der Waals surface area (Å²) in [5.74, 6) is 0.112. The Labute approximate surface area is 208 Å². The largest absolute Gasteiger partial charge is 0.453 e. The van der Waals surface area contributed by atoms with Gasteiger partial charge in [-0.3, -0.25) is 4.98 Å². The Morgan fingerprint density at radius 1 is 1.09 bits per heavy atom. The number of rotatable bonds is 10. The molecule has 0 aliphatic carbocycles. The summed E-state index contributed by atoms with van der Waals surface area (Å²) in [6.07, 6.45) is 4.74. The number of amidine groups is 1. The number of nitrogens with zero attached hydrogens (tertiary/aromatic N) is 2. The monoisotopic (exact) mass is 511 g/mol. The van der Waals surface area contributed by atoms with Crippen LogP contribution in [0.1, 0.15) is 38.2 Å². The van der Waals surface area contributed by atoms with E-state index in [4.69, 9.17) is 4.74 Å². The molecule has 6 nitrogen and oxygen atoms in total. The van der Waals surface area contributed by atoms with E-state index in [1.54, 1.807) is 42.6 Å². The fraction of sp³-hybridized carbons (Fsp3) is 0.231. The summed E-state index contributed by atoms with van der Waals surface area (Å²) in [7, 11) is -3.76. The van der Waals surface area contributed by atoms with Gasteiger partial charge in [-0.15, -0.1) is 15.7 Å². The molecule has 0 bridgehead atoms. The van der Waals surface area contributed by atoms with Gasteiger partial charge in [0.15, 0.2) is 11.6 Å². The van der Waals surface area contributed by atoms with E-state index in [9.17, 15) is 12.8 Å². The van der Waals surface area contributed by atoms with Crippen LogP contribution in [0.15, 0.2) is 76.6 Å². The average molecular weight is 512 g/mol. The minimum Gasteiger partial charge on any atom is -0.453 e. The van der Waals surface area contributed by atoms with Gasteiger partial charge < -0.3 is 10.1 Å². The van der Waals surface area contributed by atoms with Crippen LogP contribution in [0.2, 0.25) is 0 Å². The molecule has 0 saturated carbocycles. The molecule has 4 rings (SSSR count). The number of sulfonamides is 1. The van der Waals surface area contributed by atoms with Crippen molar-refractivity contribution >= 4 is 43.1 Å². The normalized spacial score (nSPS) is 12.1. The van der Waals surface area contributed by atoms with Gasteiger partial charge in [0.2, 0.25) is 0 Å². The molecule has 0 spiro atoms. The predicted octanol–water partition coefficient (Wildman–Crippen LogP) is 7.15. The van der Waals surface area contributed by atoms with E-state index in [-0.39, 0.29) is 17.3 Å².